The Balaban J connectivity index is 2.27. The maximum absolute atomic E-state index is 13.5. The molecule has 0 bridgehead atoms. The molecule has 2 rings (SSSR count). The van der Waals surface area contributed by atoms with Gasteiger partial charge in [0, 0.05) is 6.42 Å². The summed E-state index contributed by atoms with van der Waals surface area (Å²) in [5.74, 6) is -5.64. The third-order valence-electron chi connectivity index (χ3n) is 5.13. The number of hydrogen-bond acceptors (Lipinski definition) is 2. The van der Waals surface area contributed by atoms with Crippen molar-refractivity contribution >= 4 is 29.2 Å². The topological polar surface area (TPSA) is 66.4 Å². The summed E-state index contributed by atoms with van der Waals surface area (Å²) in [6.07, 6.45) is 2.43. The molecule has 0 fully saturated rings. The van der Waals surface area contributed by atoms with E-state index < -0.39 is 35.8 Å². The van der Waals surface area contributed by atoms with Crippen molar-refractivity contribution in [3.05, 3.63) is 65.2 Å². The fraction of sp³-hybridized carbons (Fsp3) is 0.364. The van der Waals surface area contributed by atoms with E-state index in [1.165, 1.54) is 12.1 Å². The van der Waals surface area contributed by atoms with E-state index in [1.54, 1.807) is 30.4 Å². The number of halogens is 4. The van der Waals surface area contributed by atoms with Crippen LogP contribution in [0.25, 0.3) is 0 Å². The summed E-state index contributed by atoms with van der Waals surface area (Å²) in [6, 6.07) is 4.59. The van der Waals surface area contributed by atoms with E-state index >= 15 is 0 Å². The molecule has 30 heavy (non-hydrogen) atoms. The molecule has 1 unspecified atom stereocenters. The number of carboxylic acid groups (broad SMARTS) is 1. The Kier molecular flexibility index (Phi) is 7.89. The van der Waals surface area contributed by atoms with Gasteiger partial charge in [0.2, 0.25) is 5.91 Å². The van der Waals surface area contributed by atoms with Crippen LogP contribution >= 0.6 is 11.6 Å². The number of aliphatic carboxylic acids is 1. The van der Waals surface area contributed by atoms with Crippen LogP contribution in [0.1, 0.15) is 25.3 Å². The van der Waals surface area contributed by atoms with Crippen LogP contribution in [0.15, 0.2) is 54.7 Å². The summed E-state index contributed by atoms with van der Waals surface area (Å²) in [7, 11) is 0. The lowest BCUT2D eigenvalue weighted by molar-refractivity contribution is -0.188. The highest BCUT2D eigenvalue weighted by Gasteiger charge is 2.46. The molecule has 3 atom stereocenters. The zero-order chi connectivity index (χ0) is 22.5. The van der Waals surface area contributed by atoms with E-state index in [-0.39, 0.29) is 30.0 Å². The Bertz CT molecular complexity index is 877. The number of nitrogens with one attached hydrogen (secondary N) is 1. The van der Waals surface area contributed by atoms with Crippen molar-refractivity contribution in [3.63, 3.8) is 0 Å². The second kappa shape index (κ2) is 9.98. The first-order valence-electron chi connectivity index (χ1n) is 9.41. The Labute approximate surface area is 178 Å². The number of carbonyl (C=O) groups is 2. The smallest absolute Gasteiger partial charge is 0.392 e. The van der Waals surface area contributed by atoms with Gasteiger partial charge in [0.05, 0.1) is 22.5 Å². The van der Waals surface area contributed by atoms with Gasteiger partial charge in [-0.3, -0.25) is 9.59 Å². The third-order valence-corrected chi connectivity index (χ3v) is 5.46. The van der Waals surface area contributed by atoms with E-state index in [4.69, 9.17) is 16.7 Å². The lowest BCUT2D eigenvalue weighted by Crippen LogP contribution is -2.40. The maximum Gasteiger partial charge on any atom is 0.392 e. The molecule has 2 N–H and O–H groups in total. The van der Waals surface area contributed by atoms with E-state index in [9.17, 15) is 22.8 Å². The SMILES string of the molecule is C=CC1=CCC([C@@H](C(=O)Nc2cc(CCC(=O)O)ccc2Cl)[C@@H](C)C(F)(F)F)C=C1. The quantitative estimate of drug-likeness (QED) is 0.536. The van der Waals surface area contributed by atoms with E-state index in [1.807, 2.05) is 0 Å². The van der Waals surface area contributed by atoms with Gasteiger partial charge < -0.3 is 10.4 Å². The lowest BCUT2D eigenvalue weighted by atomic mass is 9.77. The van der Waals surface area contributed by atoms with Crippen molar-refractivity contribution in [2.45, 2.75) is 32.4 Å². The average molecular weight is 442 g/mol. The fourth-order valence-corrected chi connectivity index (χ4v) is 3.52. The number of rotatable bonds is 8. The Morgan fingerprint density at radius 2 is 2.10 bits per heavy atom. The van der Waals surface area contributed by atoms with Crippen LogP contribution < -0.4 is 5.32 Å². The minimum Gasteiger partial charge on any atom is -0.481 e. The summed E-state index contributed by atoms with van der Waals surface area (Å²) in [6.45, 7) is 4.63. The Hall–Kier alpha value is -2.54. The molecule has 0 saturated heterocycles. The number of aryl methyl sites for hydroxylation is 1. The summed E-state index contributed by atoms with van der Waals surface area (Å²) >= 11 is 6.11. The van der Waals surface area contributed by atoms with E-state index in [2.05, 4.69) is 11.9 Å². The molecule has 1 aliphatic rings. The minimum atomic E-state index is -4.55. The zero-order valence-corrected chi connectivity index (χ0v) is 17.1. The average Bonchev–Trinajstić information content (AvgIpc) is 2.68. The molecule has 4 nitrogen and oxygen atoms in total. The molecule has 1 aromatic rings. The Morgan fingerprint density at radius 1 is 1.40 bits per heavy atom. The van der Waals surface area contributed by atoms with Gasteiger partial charge in [-0.1, -0.05) is 55.5 Å². The van der Waals surface area contributed by atoms with Gasteiger partial charge in [0.1, 0.15) is 0 Å². The van der Waals surface area contributed by atoms with E-state index in [0.717, 1.165) is 12.5 Å². The second-order valence-corrected chi connectivity index (χ2v) is 7.63. The molecule has 1 aliphatic carbocycles. The molecule has 0 radical (unpaired) electrons. The number of benzene rings is 1. The summed E-state index contributed by atoms with van der Waals surface area (Å²) in [4.78, 5) is 23.7. The number of alkyl halides is 3. The minimum absolute atomic E-state index is 0.117. The summed E-state index contributed by atoms with van der Waals surface area (Å²) in [5.41, 5.74) is 1.55. The molecule has 162 valence electrons. The van der Waals surface area contributed by atoms with Crippen LogP contribution in [-0.2, 0) is 16.0 Å². The molecule has 0 saturated carbocycles. The highest BCUT2D eigenvalue weighted by molar-refractivity contribution is 6.33. The zero-order valence-electron chi connectivity index (χ0n) is 16.4. The van der Waals surface area contributed by atoms with Gasteiger partial charge in [0.25, 0.3) is 0 Å². The first kappa shape index (κ1) is 23.7. The van der Waals surface area contributed by atoms with Crippen molar-refractivity contribution in [2.24, 2.45) is 17.8 Å². The monoisotopic (exact) mass is 441 g/mol. The van der Waals surface area contributed by atoms with E-state index in [0.29, 0.717) is 5.56 Å². The van der Waals surface area contributed by atoms with Crippen LogP contribution in [0.2, 0.25) is 5.02 Å². The molecule has 0 aromatic heterocycles. The maximum atomic E-state index is 13.5. The number of carboxylic acids is 1. The number of hydrogen-bond donors (Lipinski definition) is 2. The molecule has 8 heteroatoms. The standard InChI is InChI=1S/C22H23ClF3NO3/c1-3-14-4-8-16(9-5-14)20(13(2)22(24,25)26)21(30)27-18-12-15(6-10-17(18)23)7-11-19(28)29/h3-6,8,10,12-13,16,20H,1,7,9,11H2,2H3,(H,27,30)(H,28,29)/t13-,16?,20+/m1/s1. The first-order chi connectivity index (χ1) is 14.0. The summed E-state index contributed by atoms with van der Waals surface area (Å²) < 4.78 is 40.5. The van der Waals surface area contributed by atoms with Crippen molar-refractivity contribution in [2.75, 3.05) is 5.32 Å². The van der Waals surface area contributed by atoms with Crippen LogP contribution in [-0.4, -0.2) is 23.2 Å². The van der Waals surface area contributed by atoms with Gasteiger partial charge in [-0.05, 0) is 42.0 Å². The predicted octanol–water partition coefficient (Wildman–Crippen LogP) is 5.80. The molecule has 0 aliphatic heterocycles. The van der Waals surface area contributed by atoms with Crippen molar-refractivity contribution in [1.29, 1.82) is 0 Å². The van der Waals surface area contributed by atoms with Crippen LogP contribution in [0.3, 0.4) is 0 Å². The highest BCUT2D eigenvalue weighted by atomic mass is 35.5. The Morgan fingerprint density at radius 3 is 2.63 bits per heavy atom. The number of carbonyl (C=O) groups excluding carboxylic acids is 1. The number of allylic oxidation sites excluding steroid dienone is 5. The highest BCUT2D eigenvalue weighted by Crippen LogP contribution is 2.39. The molecular weight excluding hydrogens is 419 g/mol. The lowest BCUT2D eigenvalue weighted by Gasteiger charge is -2.31. The van der Waals surface area contributed by atoms with Gasteiger partial charge in [-0.2, -0.15) is 13.2 Å². The van der Waals surface area contributed by atoms with Crippen LogP contribution in [0.5, 0.6) is 0 Å². The number of amides is 1. The van der Waals surface area contributed by atoms with Crippen LogP contribution in [0.4, 0.5) is 18.9 Å². The largest absolute Gasteiger partial charge is 0.481 e. The summed E-state index contributed by atoms with van der Waals surface area (Å²) in [5, 5.41) is 11.5. The van der Waals surface area contributed by atoms with Gasteiger partial charge in [0.15, 0.2) is 0 Å². The third kappa shape index (κ3) is 6.23. The molecule has 1 aromatic carbocycles. The van der Waals surface area contributed by atoms with Crippen LogP contribution in [0, 0.1) is 17.8 Å². The second-order valence-electron chi connectivity index (χ2n) is 7.22. The predicted molar refractivity (Wildman–Crippen MR) is 110 cm³/mol. The van der Waals surface area contributed by atoms with Gasteiger partial charge >= 0.3 is 12.1 Å². The van der Waals surface area contributed by atoms with Gasteiger partial charge in [-0.15, -0.1) is 0 Å². The normalized spacial score (nSPS) is 18.3. The molecule has 0 heterocycles. The van der Waals surface area contributed by atoms with Crippen molar-refractivity contribution in [3.8, 4) is 0 Å². The molecular formula is C22H23ClF3NO3. The first-order valence-corrected chi connectivity index (χ1v) is 9.79. The molecule has 0 spiro atoms. The fourth-order valence-electron chi connectivity index (χ4n) is 3.36. The number of anilines is 1. The van der Waals surface area contributed by atoms with Crippen molar-refractivity contribution < 1.29 is 27.9 Å². The molecule has 1 amide bonds. The van der Waals surface area contributed by atoms with Crippen molar-refractivity contribution in [1.82, 2.24) is 0 Å². The van der Waals surface area contributed by atoms with Gasteiger partial charge in [-0.25, -0.2) is 0 Å².